The Morgan fingerprint density at radius 2 is 1.78 bits per heavy atom. The number of carboxylic acids is 1. The average Bonchev–Trinajstić information content (AvgIpc) is 2.53. The molecule has 0 saturated heterocycles. The van der Waals surface area contributed by atoms with E-state index >= 15 is 0 Å². The lowest BCUT2D eigenvalue weighted by Crippen LogP contribution is -2.01. The number of fused-ring (bicyclic) bond motifs is 1. The number of nitrogens with zero attached hydrogens (tertiary/aromatic N) is 2. The van der Waals surface area contributed by atoms with Gasteiger partial charge in [0.1, 0.15) is 0 Å². The van der Waals surface area contributed by atoms with E-state index < -0.39 is 15.0 Å². The number of carboxylic acid groups (broad SMARTS) is 1. The van der Waals surface area contributed by atoms with Gasteiger partial charge in [-0.1, -0.05) is 0 Å². The van der Waals surface area contributed by atoms with Gasteiger partial charge < -0.3 is 5.11 Å². The molecule has 0 bridgehead atoms. The molecule has 0 saturated carbocycles. The second-order valence-corrected chi connectivity index (χ2v) is 7.28. The van der Waals surface area contributed by atoms with Gasteiger partial charge in [-0.2, -0.15) is 0 Å². The summed E-state index contributed by atoms with van der Waals surface area (Å²) >= 11 is 0. The summed E-state index contributed by atoms with van der Waals surface area (Å²) in [6, 6.07) is 8.74. The van der Waals surface area contributed by atoms with E-state index in [1.165, 1.54) is 24.3 Å². The maximum absolute atomic E-state index is 11.5. The first kappa shape index (κ1) is 15.4. The fourth-order valence-corrected chi connectivity index (χ4v) is 2.98. The van der Waals surface area contributed by atoms with Crippen LogP contribution in [0.1, 0.15) is 10.4 Å². The zero-order valence-electron chi connectivity index (χ0n) is 11.5. The molecule has 1 N–H and O–H groups in total. The molecule has 23 heavy (non-hydrogen) atoms. The van der Waals surface area contributed by atoms with E-state index in [0.717, 1.165) is 0 Å². The fourth-order valence-electron chi connectivity index (χ4n) is 2.20. The molecule has 6 nitrogen and oxygen atoms in total. The van der Waals surface area contributed by atoms with Crippen LogP contribution in [0.15, 0.2) is 53.7 Å². The molecule has 0 aliphatic heterocycles. The highest BCUT2D eigenvalue weighted by atomic mass is 35.7. The highest BCUT2D eigenvalue weighted by Crippen LogP contribution is 2.27. The SMILES string of the molecule is O=C(O)c1cc(-c2ccncc2)nc2ccc(S(=O)(=O)Cl)cc12. The van der Waals surface area contributed by atoms with Crippen molar-refractivity contribution in [1.29, 1.82) is 0 Å². The van der Waals surface area contributed by atoms with Crippen LogP contribution in [0, 0.1) is 0 Å². The third kappa shape index (κ3) is 3.01. The smallest absolute Gasteiger partial charge is 0.336 e. The quantitative estimate of drug-likeness (QED) is 0.731. The lowest BCUT2D eigenvalue weighted by molar-refractivity contribution is 0.0699. The van der Waals surface area contributed by atoms with E-state index in [-0.39, 0.29) is 15.8 Å². The number of aromatic nitrogens is 2. The fraction of sp³-hybridized carbons (Fsp3) is 0. The van der Waals surface area contributed by atoms with Crippen LogP contribution in [0.2, 0.25) is 0 Å². The van der Waals surface area contributed by atoms with Crippen LogP contribution in [0.5, 0.6) is 0 Å². The lowest BCUT2D eigenvalue weighted by atomic mass is 10.0. The molecular formula is C15H9ClN2O4S. The zero-order valence-corrected chi connectivity index (χ0v) is 13.0. The summed E-state index contributed by atoms with van der Waals surface area (Å²) in [5, 5.41) is 9.63. The van der Waals surface area contributed by atoms with Gasteiger partial charge in [0.15, 0.2) is 0 Å². The normalized spacial score (nSPS) is 11.5. The van der Waals surface area contributed by atoms with Crippen LogP contribution in [-0.4, -0.2) is 29.5 Å². The topological polar surface area (TPSA) is 97.2 Å². The van der Waals surface area contributed by atoms with Crippen molar-refractivity contribution >= 4 is 36.6 Å². The molecule has 0 unspecified atom stereocenters. The predicted octanol–water partition coefficient (Wildman–Crippen LogP) is 2.92. The number of benzene rings is 1. The molecule has 8 heteroatoms. The molecule has 0 radical (unpaired) electrons. The Hall–Kier alpha value is -2.51. The largest absolute Gasteiger partial charge is 0.478 e. The second kappa shape index (κ2) is 5.60. The third-order valence-electron chi connectivity index (χ3n) is 3.27. The maximum Gasteiger partial charge on any atom is 0.336 e. The van der Waals surface area contributed by atoms with E-state index in [2.05, 4.69) is 9.97 Å². The van der Waals surface area contributed by atoms with Crippen LogP contribution in [0.25, 0.3) is 22.2 Å². The first-order valence-corrected chi connectivity index (χ1v) is 8.70. The molecule has 0 spiro atoms. The Labute approximate surface area is 135 Å². The Morgan fingerprint density at radius 3 is 2.39 bits per heavy atom. The summed E-state index contributed by atoms with van der Waals surface area (Å²) in [6.45, 7) is 0. The first-order valence-electron chi connectivity index (χ1n) is 6.39. The molecule has 3 aromatic rings. The van der Waals surface area contributed by atoms with Crippen LogP contribution < -0.4 is 0 Å². The number of hydrogen-bond donors (Lipinski definition) is 1. The predicted molar refractivity (Wildman–Crippen MR) is 85.0 cm³/mol. The maximum atomic E-state index is 11.5. The minimum atomic E-state index is -3.96. The monoisotopic (exact) mass is 348 g/mol. The van der Waals surface area contributed by atoms with E-state index in [4.69, 9.17) is 10.7 Å². The summed E-state index contributed by atoms with van der Waals surface area (Å²) < 4.78 is 22.9. The van der Waals surface area contributed by atoms with Crippen molar-refractivity contribution in [1.82, 2.24) is 9.97 Å². The number of rotatable bonds is 3. The van der Waals surface area contributed by atoms with Crippen LogP contribution >= 0.6 is 10.7 Å². The van der Waals surface area contributed by atoms with Gasteiger partial charge in [-0.05, 0) is 36.4 Å². The summed E-state index contributed by atoms with van der Waals surface area (Å²) in [6.07, 6.45) is 3.15. The van der Waals surface area contributed by atoms with Crippen molar-refractivity contribution in [3.8, 4) is 11.3 Å². The van der Waals surface area contributed by atoms with Gasteiger partial charge in [0.25, 0.3) is 9.05 Å². The molecular weight excluding hydrogens is 340 g/mol. The molecule has 0 amide bonds. The minimum Gasteiger partial charge on any atom is -0.478 e. The van der Waals surface area contributed by atoms with Gasteiger partial charge in [0, 0.05) is 34.0 Å². The molecule has 3 rings (SSSR count). The van der Waals surface area contributed by atoms with Crippen LogP contribution in [-0.2, 0) is 9.05 Å². The van der Waals surface area contributed by atoms with Crippen molar-refractivity contribution in [3.05, 3.63) is 54.4 Å². The second-order valence-electron chi connectivity index (χ2n) is 4.71. The van der Waals surface area contributed by atoms with Gasteiger partial charge >= 0.3 is 5.97 Å². The van der Waals surface area contributed by atoms with E-state index in [0.29, 0.717) is 16.8 Å². The minimum absolute atomic E-state index is 0.0519. The third-order valence-corrected chi connectivity index (χ3v) is 4.62. The molecule has 0 aliphatic carbocycles. The number of carbonyl (C=O) groups is 1. The van der Waals surface area contributed by atoms with Crippen molar-refractivity contribution in [2.45, 2.75) is 4.90 Å². The molecule has 0 aliphatic rings. The average molecular weight is 349 g/mol. The molecule has 0 fully saturated rings. The summed E-state index contributed by atoms with van der Waals surface area (Å²) in [5.41, 5.74) is 1.47. The van der Waals surface area contributed by atoms with Crippen molar-refractivity contribution in [3.63, 3.8) is 0 Å². The highest BCUT2D eigenvalue weighted by Gasteiger charge is 2.17. The van der Waals surface area contributed by atoms with Gasteiger partial charge in [0.2, 0.25) is 0 Å². The summed E-state index contributed by atoms with van der Waals surface area (Å²) in [4.78, 5) is 19.6. The number of pyridine rings is 2. The Morgan fingerprint density at radius 1 is 1.09 bits per heavy atom. The molecule has 2 aromatic heterocycles. The zero-order chi connectivity index (χ0) is 16.6. The summed E-state index contributed by atoms with van der Waals surface area (Å²) in [5.74, 6) is -1.18. The Bertz CT molecular complexity index is 1020. The number of halogens is 1. The van der Waals surface area contributed by atoms with Crippen molar-refractivity contribution in [2.75, 3.05) is 0 Å². The van der Waals surface area contributed by atoms with Gasteiger partial charge in [-0.3, -0.25) is 4.98 Å². The Kier molecular flexibility index (Phi) is 3.75. The van der Waals surface area contributed by atoms with Crippen molar-refractivity contribution in [2.24, 2.45) is 0 Å². The number of aromatic carboxylic acids is 1. The molecule has 1 aromatic carbocycles. The molecule has 0 atom stereocenters. The Balaban J connectivity index is 2.32. The standard InChI is InChI=1S/C15H9ClN2O4S/c16-23(21,22)10-1-2-13-11(7-10)12(15(19)20)8-14(18-13)9-3-5-17-6-4-9/h1-8H,(H,19,20). The van der Waals surface area contributed by atoms with Gasteiger partial charge in [0.05, 0.1) is 21.7 Å². The molecule has 116 valence electrons. The van der Waals surface area contributed by atoms with E-state index in [1.54, 1.807) is 24.5 Å². The van der Waals surface area contributed by atoms with Gasteiger partial charge in [-0.15, -0.1) is 0 Å². The van der Waals surface area contributed by atoms with Gasteiger partial charge in [-0.25, -0.2) is 18.2 Å². The molecule has 2 heterocycles. The number of hydrogen-bond acceptors (Lipinski definition) is 5. The first-order chi connectivity index (χ1) is 10.9. The van der Waals surface area contributed by atoms with Crippen LogP contribution in [0.4, 0.5) is 0 Å². The van der Waals surface area contributed by atoms with E-state index in [1.807, 2.05) is 0 Å². The highest BCUT2D eigenvalue weighted by molar-refractivity contribution is 8.13. The van der Waals surface area contributed by atoms with Crippen LogP contribution in [0.3, 0.4) is 0 Å². The summed E-state index contributed by atoms with van der Waals surface area (Å²) in [7, 11) is 1.36. The van der Waals surface area contributed by atoms with Crippen molar-refractivity contribution < 1.29 is 18.3 Å². The van der Waals surface area contributed by atoms with E-state index in [9.17, 15) is 18.3 Å². The lowest BCUT2D eigenvalue weighted by Gasteiger charge is -2.08.